The van der Waals surface area contributed by atoms with E-state index in [0.29, 0.717) is 17.2 Å². The van der Waals surface area contributed by atoms with Gasteiger partial charge in [0.15, 0.2) is 11.5 Å². The summed E-state index contributed by atoms with van der Waals surface area (Å²) in [6, 6.07) is 14.8. The van der Waals surface area contributed by atoms with Crippen molar-refractivity contribution in [3.05, 3.63) is 54.1 Å². The molecular formula is C21H26N2O5S. The smallest absolute Gasteiger partial charge is 0.240 e. The minimum Gasteiger partial charge on any atom is -0.454 e. The van der Waals surface area contributed by atoms with Gasteiger partial charge in [-0.15, -0.1) is 0 Å². The first-order valence-corrected chi connectivity index (χ1v) is 11.2. The maximum atomic E-state index is 12.6. The first-order chi connectivity index (χ1) is 13.9. The fraction of sp³-hybridized carbons (Fsp3) is 0.381. The normalized spacial score (nSPS) is 13.7. The summed E-state index contributed by atoms with van der Waals surface area (Å²) >= 11 is 0. The highest BCUT2D eigenvalue weighted by Crippen LogP contribution is 2.36. The molecule has 1 amide bonds. The molecule has 0 saturated carbocycles. The standard InChI is InChI=1S/C21H26N2O5S/c1-3-29(25,26)23(18-11-12-19-20(13-18)28-15-27-19)14-21(24)22-16(2)9-10-17-7-5-4-6-8-17/h4-8,11-13,16H,3,9-10,14-15H2,1-2H3,(H,22,24). The third-order valence-corrected chi connectivity index (χ3v) is 6.49. The van der Waals surface area contributed by atoms with E-state index in [2.05, 4.69) is 5.32 Å². The number of nitrogens with zero attached hydrogens (tertiary/aromatic N) is 1. The van der Waals surface area contributed by atoms with Crippen LogP contribution < -0.4 is 19.1 Å². The highest BCUT2D eigenvalue weighted by Gasteiger charge is 2.26. The Balaban J connectivity index is 1.65. The molecule has 156 valence electrons. The fourth-order valence-corrected chi connectivity index (χ4v) is 4.16. The van der Waals surface area contributed by atoms with Crippen LogP contribution in [0.3, 0.4) is 0 Å². The van der Waals surface area contributed by atoms with Crippen molar-refractivity contribution in [3.63, 3.8) is 0 Å². The Morgan fingerprint density at radius 3 is 2.59 bits per heavy atom. The highest BCUT2D eigenvalue weighted by atomic mass is 32.2. The molecule has 2 aromatic rings. The van der Waals surface area contributed by atoms with E-state index in [1.807, 2.05) is 37.3 Å². The van der Waals surface area contributed by atoms with Gasteiger partial charge in [-0.25, -0.2) is 8.42 Å². The fourth-order valence-electron chi connectivity index (χ4n) is 3.10. The van der Waals surface area contributed by atoms with Gasteiger partial charge in [-0.1, -0.05) is 30.3 Å². The van der Waals surface area contributed by atoms with Crippen LogP contribution in [0.5, 0.6) is 11.5 Å². The number of hydrogen-bond acceptors (Lipinski definition) is 5. The third kappa shape index (κ3) is 5.41. The largest absolute Gasteiger partial charge is 0.454 e. The zero-order valence-corrected chi connectivity index (χ0v) is 17.4. The number of ether oxygens (including phenoxy) is 2. The van der Waals surface area contributed by atoms with Crippen molar-refractivity contribution in [2.24, 2.45) is 0 Å². The number of benzene rings is 2. The lowest BCUT2D eigenvalue weighted by atomic mass is 10.1. The summed E-state index contributed by atoms with van der Waals surface area (Å²) in [6.07, 6.45) is 1.60. The van der Waals surface area contributed by atoms with Gasteiger partial charge in [-0.3, -0.25) is 9.10 Å². The van der Waals surface area contributed by atoms with Gasteiger partial charge < -0.3 is 14.8 Å². The highest BCUT2D eigenvalue weighted by molar-refractivity contribution is 7.92. The van der Waals surface area contributed by atoms with E-state index in [0.717, 1.165) is 17.1 Å². The molecule has 8 heteroatoms. The van der Waals surface area contributed by atoms with Gasteiger partial charge in [-0.2, -0.15) is 0 Å². The molecule has 29 heavy (non-hydrogen) atoms. The van der Waals surface area contributed by atoms with Crippen LogP contribution in [0.15, 0.2) is 48.5 Å². The van der Waals surface area contributed by atoms with Crippen LogP contribution in [0.4, 0.5) is 5.69 Å². The second-order valence-electron chi connectivity index (χ2n) is 6.94. The van der Waals surface area contributed by atoms with E-state index >= 15 is 0 Å². The molecule has 0 aromatic heterocycles. The quantitative estimate of drug-likeness (QED) is 0.677. The number of carbonyl (C=O) groups excluding carboxylic acids is 1. The Morgan fingerprint density at radius 2 is 1.86 bits per heavy atom. The molecule has 0 radical (unpaired) electrons. The lowest BCUT2D eigenvalue weighted by Gasteiger charge is -2.24. The van der Waals surface area contributed by atoms with E-state index < -0.39 is 10.0 Å². The Bertz CT molecular complexity index is 947. The van der Waals surface area contributed by atoms with Gasteiger partial charge in [0.05, 0.1) is 11.4 Å². The summed E-state index contributed by atoms with van der Waals surface area (Å²) in [5.74, 6) is 0.565. The van der Waals surface area contributed by atoms with Crippen molar-refractivity contribution < 1.29 is 22.7 Å². The van der Waals surface area contributed by atoms with Crippen LogP contribution in [0.25, 0.3) is 0 Å². The van der Waals surface area contributed by atoms with Crippen LogP contribution in [0.1, 0.15) is 25.8 Å². The summed E-state index contributed by atoms with van der Waals surface area (Å²) in [4.78, 5) is 12.6. The maximum absolute atomic E-state index is 12.6. The zero-order valence-electron chi connectivity index (χ0n) is 16.6. The molecule has 2 aromatic carbocycles. The molecule has 1 N–H and O–H groups in total. The predicted octanol–water partition coefficient (Wildman–Crippen LogP) is 2.71. The zero-order chi connectivity index (χ0) is 20.9. The Morgan fingerprint density at radius 1 is 1.14 bits per heavy atom. The van der Waals surface area contributed by atoms with E-state index in [-0.39, 0.29) is 31.0 Å². The number of rotatable bonds is 9. The SMILES string of the molecule is CCS(=O)(=O)N(CC(=O)NC(C)CCc1ccccc1)c1ccc2c(c1)OCO2. The molecule has 1 atom stereocenters. The lowest BCUT2D eigenvalue weighted by molar-refractivity contribution is -0.120. The van der Waals surface area contributed by atoms with Crippen LogP contribution in [-0.4, -0.2) is 39.5 Å². The summed E-state index contributed by atoms with van der Waals surface area (Å²) in [5.41, 5.74) is 1.58. The molecule has 0 aliphatic carbocycles. The monoisotopic (exact) mass is 418 g/mol. The second kappa shape index (κ2) is 9.17. The Hall–Kier alpha value is -2.74. The average Bonchev–Trinajstić information content (AvgIpc) is 3.19. The number of carbonyl (C=O) groups is 1. The third-order valence-electron chi connectivity index (χ3n) is 4.75. The minimum absolute atomic E-state index is 0.0781. The van der Waals surface area contributed by atoms with Crippen molar-refractivity contribution in [2.45, 2.75) is 32.7 Å². The number of fused-ring (bicyclic) bond motifs is 1. The molecule has 1 heterocycles. The maximum Gasteiger partial charge on any atom is 0.240 e. The average molecular weight is 419 g/mol. The van der Waals surface area contributed by atoms with Crippen LogP contribution in [0, 0.1) is 0 Å². The van der Waals surface area contributed by atoms with Crippen molar-refractivity contribution in [3.8, 4) is 11.5 Å². The molecule has 0 bridgehead atoms. The van der Waals surface area contributed by atoms with Crippen molar-refractivity contribution in [1.82, 2.24) is 5.32 Å². The van der Waals surface area contributed by atoms with Gasteiger partial charge in [0, 0.05) is 12.1 Å². The minimum atomic E-state index is -3.64. The molecule has 0 saturated heterocycles. The molecule has 0 fully saturated rings. The van der Waals surface area contributed by atoms with Crippen molar-refractivity contribution in [2.75, 3.05) is 23.4 Å². The molecule has 1 aliphatic rings. The number of amides is 1. The lowest BCUT2D eigenvalue weighted by Crippen LogP contribution is -2.44. The van der Waals surface area contributed by atoms with Crippen LogP contribution >= 0.6 is 0 Å². The van der Waals surface area contributed by atoms with Gasteiger partial charge in [0.25, 0.3) is 0 Å². The van der Waals surface area contributed by atoms with E-state index in [1.165, 1.54) is 5.56 Å². The van der Waals surface area contributed by atoms with Crippen molar-refractivity contribution >= 4 is 21.6 Å². The number of sulfonamides is 1. The molecule has 1 aliphatic heterocycles. The number of hydrogen-bond donors (Lipinski definition) is 1. The van der Waals surface area contributed by atoms with Gasteiger partial charge in [0.1, 0.15) is 6.54 Å². The first-order valence-electron chi connectivity index (χ1n) is 9.62. The molecule has 1 unspecified atom stereocenters. The van der Waals surface area contributed by atoms with E-state index in [1.54, 1.807) is 25.1 Å². The molecule has 3 rings (SSSR count). The van der Waals surface area contributed by atoms with Crippen LogP contribution in [0.2, 0.25) is 0 Å². The summed E-state index contributed by atoms with van der Waals surface area (Å²) in [7, 11) is -3.64. The van der Waals surface area contributed by atoms with E-state index in [9.17, 15) is 13.2 Å². The Labute approximate surface area is 171 Å². The van der Waals surface area contributed by atoms with Gasteiger partial charge in [-0.05, 0) is 44.4 Å². The van der Waals surface area contributed by atoms with Crippen molar-refractivity contribution in [1.29, 1.82) is 0 Å². The van der Waals surface area contributed by atoms with Crippen LogP contribution in [-0.2, 0) is 21.2 Å². The van der Waals surface area contributed by atoms with Gasteiger partial charge in [0.2, 0.25) is 22.7 Å². The van der Waals surface area contributed by atoms with E-state index in [4.69, 9.17) is 9.47 Å². The predicted molar refractivity (Wildman–Crippen MR) is 112 cm³/mol. The van der Waals surface area contributed by atoms with Gasteiger partial charge >= 0.3 is 0 Å². The number of anilines is 1. The first kappa shape index (κ1) is 21.0. The number of aryl methyl sites for hydroxylation is 1. The summed E-state index contributed by atoms with van der Waals surface area (Å²) in [6.45, 7) is 3.28. The summed E-state index contributed by atoms with van der Waals surface area (Å²) < 4.78 is 36.9. The second-order valence-corrected chi connectivity index (χ2v) is 9.12. The molecule has 0 spiro atoms. The number of nitrogens with one attached hydrogen (secondary N) is 1. The topological polar surface area (TPSA) is 84.9 Å². The summed E-state index contributed by atoms with van der Waals surface area (Å²) in [5, 5.41) is 2.90. The molecular weight excluding hydrogens is 392 g/mol. The molecule has 7 nitrogen and oxygen atoms in total. The Kier molecular flexibility index (Phi) is 6.64.